The standard InChI is InChI=1S/C23H25NO4/c1-25-20-8-4-18(5-9-20)24(19-6-10-21(26-2)11-7-19)16-17-28-23-14-12-22(27-3)13-15-23/h4-15H,16-17H2,1-3H3. The SMILES string of the molecule is COc1ccc(OCCN(c2ccc(OC)cc2)c2ccc(OC)cc2)cc1. The van der Waals surface area contributed by atoms with Crippen LogP contribution in [0.25, 0.3) is 0 Å². The summed E-state index contributed by atoms with van der Waals surface area (Å²) in [5.41, 5.74) is 2.12. The van der Waals surface area contributed by atoms with Crippen LogP contribution in [-0.2, 0) is 0 Å². The molecule has 5 nitrogen and oxygen atoms in total. The van der Waals surface area contributed by atoms with Crippen LogP contribution in [0.5, 0.6) is 23.0 Å². The summed E-state index contributed by atoms with van der Waals surface area (Å²) in [4.78, 5) is 2.20. The molecule has 3 rings (SSSR count). The Morgan fingerprint density at radius 3 is 1.29 bits per heavy atom. The van der Waals surface area contributed by atoms with E-state index in [1.165, 1.54) is 0 Å². The van der Waals surface area contributed by atoms with Crippen LogP contribution in [0.1, 0.15) is 0 Å². The maximum atomic E-state index is 5.92. The van der Waals surface area contributed by atoms with Gasteiger partial charge >= 0.3 is 0 Å². The lowest BCUT2D eigenvalue weighted by molar-refractivity contribution is 0.326. The lowest BCUT2D eigenvalue weighted by Crippen LogP contribution is -2.23. The van der Waals surface area contributed by atoms with Gasteiger partial charge in [-0.25, -0.2) is 0 Å². The van der Waals surface area contributed by atoms with Gasteiger partial charge in [0, 0.05) is 11.4 Å². The highest BCUT2D eigenvalue weighted by molar-refractivity contribution is 5.64. The summed E-state index contributed by atoms with van der Waals surface area (Å²) in [6.07, 6.45) is 0. The molecule has 28 heavy (non-hydrogen) atoms. The van der Waals surface area contributed by atoms with Crippen molar-refractivity contribution >= 4 is 11.4 Å². The molecule has 0 fully saturated rings. The van der Waals surface area contributed by atoms with Crippen LogP contribution in [0.4, 0.5) is 11.4 Å². The fraction of sp³-hybridized carbons (Fsp3) is 0.217. The summed E-state index contributed by atoms with van der Waals surface area (Å²) in [6.45, 7) is 1.22. The fourth-order valence-electron chi connectivity index (χ4n) is 2.86. The molecule has 0 spiro atoms. The second kappa shape index (κ2) is 9.55. The van der Waals surface area contributed by atoms with Gasteiger partial charge in [0.1, 0.15) is 29.6 Å². The van der Waals surface area contributed by atoms with Gasteiger partial charge in [-0.3, -0.25) is 0 Å². The molecule has 0 bridgehead atoms. The first-order valence-electron chi connectivity index (χ1n) is 9.06. The van der Waals surface area contributed by atoms with Crippen molar-refractivity contribution in [2.45, 2.75) is 0 Å². The normalized spacial score (nSPS) is 10.2. The van der Waals surface area contributed by atoms with Crippen molar-refractivity contribution in [3.05, 3.63) is 72.8 Å². The van der Waals surface area contributed by atoms with Crippen LogP contribution in [-0.4, -0.2) is 34.5 Å². The van der Waals surface area contributed by atoms with Crippen LogP contribution in [0.2, 0.25) is 0 Å². The lowest BCUT2D eigenvalue weighted by Gasteiger charge is -2.25. The molecule has 0 radical (unpaired) electrons. The van der Waals surface area contributed by atoms with Gasteiger partial charge in [0.15, 0.2) is 0 Å². The molecule has 3 aromatic carbocycles. The molecule has 0 saturated carbocycles. The van der Waals surface area contributed by atoms with Crippen LogP contribution in [0.3, 0.4) is 0 Å². The smallest absolute Gasteiger partial charge is 0.119 e. The minimum atomic E-state index is 0.532. The lowest BCUT2D eigenvalue weighted by atomic mass is 10.2. The van der Waals surface area contributed by atoms with Crippen molar-refractivity contribution in [2.75, 3.05) is 39.4 Å². The monoisotopic (exact) mass is 379 g/mol. The first-order chi connectivity index (χ1) is 13.7. The summed E-state index contributed by atoms with van der Waals surface area (Å²) in [7, 11) is 4.98. The Bertz CT molecular complexity index is 798. The first-order valence-corrected chi connectivity index (χ1v) is 9.06. The molecule has 5 heteroatoms. The largest absolute Gasteiger partial charge is 0.497 e. The maximum Gasteiger partial charge on any atom is 0.119 e. The van der Waals surface area contributed by atoms with Crippen molar-refractivity contribution in [1.29, 1.82) is 0 Å². The third-order valence-electron chi connectivity index (χ3n) is 4.41. The molecule has 0 unspecified atom stereocenters. The predicted octanol–water partition coefficient (Wildman–Crippen LogP) is 4.93. The van der Waals surface area contributed by atoms with Gasteiger partial charge < -0.3 is 23.8 Å². The third-order valence-corrected chi connectivity index (χ3v) is 4.41. The van der Waals surface area contributed by atoms with E-state index >= 15 is 0 Å². The molecule has 3 aromatic rings. The van der Waals surface area contributed by atoms with E-state index in [1.54, 1.807) is 21.3 Å². The topological polar surface area (TPSA) is 40.2 Å². The summed E-state index contributed by atoms with van der Waals surface area (Å²) in [5.74, 6) is 3.27. The highest BCUT2D eigenvalue weighted by atomic mass is 16.5. The van der Waals surface area contributed by atoms with Crippen LogP contribution >= 0.6 is 0 Å². The average molecular weight is 379 g/mol. The van der Waals surface area contributed by atoms with Crippen LogP contribution < -0.4 is 23.8 Å². The zero-order chi connectivity index (χ0) is 19.8. The number of benzene rings is 3. The van der Waals surface area contributed by atoms with Crippen molar-refractivity contribution < 1.29 is 18.9 Å². The summed E-state index contributed by atoms with van der Waals surface area (Å²) >= 11 is 0. The Kier molecular flexibility index (Phi) is 6.63. The Hall–Kier alpha value is -3.34. The van der Waals surface area contributed by atoms with Crippen molar-refractivity contribution in [2.24, 2.45) is 0 Å². The molecule has 146 valence electrons. The zero-order valence-electron chi connectivity index (χ0n) is 16.4. The summed E-state index contributed by atoms with van der Waals surface area (Å²) in [5, 5.41) is 0. The van der Waals surface area contributed by atoms with Gasteiger partial charge in [-0.05, 0) is 72.8 Å². The molecule has 0 aliphatic rings. The van der Waals surface area contributed by atoms with Crippen molar-refractivity contribution in [3.8, 4) is 23.0 Å². The minimum Gasteiger partial charge on any atom is -0.497 e. The van der Waals surface area contributed by atoms with E-state index in [-0.39, 0.29) is 0 Å². The predicted molar refractivity (Wildman–Crippen MR) is 111 cm³/mol. The highest BCUT2D eigenvalue weighted by Crippen LogP contribution is 2.28. The van der Waals surface area contributed by atoms with E-state index in [0.717, 1.165) is 34.4 Å². The quantitative estimate of drug-likeness (QED) is 0.527. The number of anilines is 2. The van der Waals surface area contributed by atoms with E-state index in [4.69, 9.17) is 18.9 Å². The van der Waals surface area contributed by atoms with E-state index < -0.39 is 0 Å². The maximum absolute atomic E-state index is 5.92. The number of rotatable bonds is 9. The summed E-state index contributed by atoms with van der Waals surface area (Å²) in [6, 6.07) is 23.6. The van der Waals surface area contributed by atoms with Gasteiger partial charge in [0.2, 0.25) is 0 Å². The molecular weight excluding hydrogens is 354 g/mol. The number of nitrogens with zero attached hydrogens (tertiary/aromatic N) is 1. The van der Waals surface area contributed by atoms with Gasteiger partial charge in [-0.1, -0.05) is 0 Å². The molecule has 0 N–H and O–H groups in total. The second-order valence-corrected chi connectivity index (χ2v) is 6.07. The molecule has 0 aromatic heterocycles. The first kappa shape index (κ1) is 19.4. The molecule has 0 heterocycles. The van der Waals surface area contributed by atoms with Gasteiger partial charge in [0.05, 0.1) is 27.9 Å². The van der Waals surface area contributed by atoms with E-state index in [1.807, 2.05) is 72.8 Å². The number of ether oxygens (including phenoxy) is 4. The Labute approximate surface area is 166 Å². The van der Waals surface area contributed by atoms with Gasteiger partial charge in [0.25, 0.3) is 0 Å². The Morgan fingerprint density at radius 1 is 0.536 bits per heavy atom. The molecule has 0 atom stereocenters. The zero-order valence-corrected chi connectivity index (χ0v) is 16.4. The van der Waals surface area contributed by atoms with Crippen LogP contribution in [0.15, 0.2) is 72.8 Å². The highest BCUT2D eigenvalue weighted by Gasteiger charge is 2.10. The molecular formula is C23H25NO4. The molecule has 0 amide bonds. The number of hydrogen-bond acceptors (Lipinski definition) is 5. The van der Waals surface area contributed by atoms with Gasteiger partial charge in [-0.15, -0.1) is 0 Å². The van der Waals surface area contributed by atoms with Gasteiger partial charge in [-0.2, -0.15) is 0 Å². The van der Waals surface area contributed by atoms with Crippen molar-refractivity contribution in [1.82, 2.24) is 0 Å². The molecule has 0 saturated heterocycles. The van der Waals surface area contributed by atoms with E-state index in [2.05, 4.69) is 4.90 Å². The molecule has 0 aliphatic carbocycles. The number of hydrogen-bond donors (Lipinski definition) is 0. The third kappa shape index (κ3) is 4.88. The second-order valence-electron chi connectivity index (χ2n) is 6.07. The van der Waals surface area contributed by atoms with Crippen molar-refractivity contribution in [3.63, 3.8) is 0 Å². The minimum absolute atomic E-state index is 0.532. The molecule has 0 aliphatic heterocycles. The van der Waals surface area contributed by atoms with Crippen LogP contribution in [0, 0.1) is 0 Å². The Morgan fingerprint density at radius 2 is 0.893 bits per heavy atom. The number of methoxy groups -OCH3 is 3. The van der Waals surface area contributed by atoms with E-state index in [9.17, 15) is 0 Å². The fourth-order valence-corrected chi connectivity index (χ4v) is 2.86. The van der Waals surface area contributed by atoms with E-state index in [0.29, 0.717) is 13.2 Å². The Balaban J connectivity index is 1.74. The summed E-state index contributed by atoms with van der Waals surface area (Å²) < 4.78 is 21.6. The average Bonchev–Trinajstić information content (AvgIpc) is 2.77.